The molecule has 0 aliphatic rings. The summed E-state index contributed by atoms with van der Waals surface area (Å²) in [5.74, 6) is 0.767. The monoisotopic (exact) mass is 263 g/mol. The van der Waals surface area contributed by atoms with E-state index < -0.39 is 0 Å². The predicted octanol–water partition coefficient (Wildman–Crippen LogP) is 2.64. The van der Waals surface area contributed by atoms with Gasteiger partial charge in [0.2, 0.25) is 0 Å². The first kappa shape index (κ1) is 15.2. The molecule has 0 fully saturated rings. The van der Waals surface area contributed by atoms with Crippen molar-refractivity contribution in [3.8, 4) is 5.75 Å². The largest absolute Gasteiger partial charge is 0.493 e. The first-order valence-corrected chi connectivity index (χ1v) is 6.30. The van der Waals surface area contributed by atoms with Gasteiger partial charge in [-0.1, -0.05) is 0 Å². The molecule has 1 aromatic heterocycles. The molecule has 0 aliphatic heterocycles. The lowest BCUT2D eigenvalue weighted by Crippen LogP contribution is -2.00. The topological polar surface area (TPSA) is 51.5 Å². The number of fused-ring (bicyclic) bond motifs is 1. The maximum absolute atomic E-state index is 11.3. The van der Waals surface area contributed by atoms with Gasteiger partial charge >= 0.3 is 5.63 Å². The molecule has 0 amide bonds. The summed E-state index contributed by atoms with van der Waals surface area (Å²) in [6.45, 7) is 6.33. The van der Waals surface area contributed by atoms with Crippen LogP contribution in [0.4, 0.5) is 0 Å². The van der Waals surface area contributed by atoms with E-state index in [4.69, 9.17) is 9.15 Å². The van der Waals surface area contributed by atoms with E-state index in [1.165, 1.54) is 6.07 Å². The van der Waals surface area contributed by atoms with Crippen molar-refractivity contribution < 1.29 is 9.15 Å². The van der Waals surface area contributed by atoms with Gasteiger partial charge < -0.3 is 14.5 Å². The molecule has 1 heterocycles. The first-order valence-electron chi connectivity index (χ1n) is 6.30. The van der Waals surface area contributed by atoms with E-state index in [0.29, 0.717) is 12.2 Å². The number of nitrogens with one attached hydrogen (secondary N) is 1. The van der Waals surface area contributed by atoms with Crippen molar-refractivity contribution in [2.75, 3.05) is 20.7 Å². The maximum atomic E-state index is 11.3. The summed E-state index contributed by atoms with van der Waals surface area (Å²) in [4.78, 5) is 11.3. The van der Waals surface area contributed by atoms with Gasteiger partial charge in [-0.25, -0.2) is 4.79 Å². The van der Waals surface area contributed by atoms with Crippen LogP contribution in [0, 0.1) is 13.8 Å². The van der Waals surface area contributed by atoms with Crippen molar-refractivity contribution in [2.45, 2.75) is 20.8 Å². The molecule has 0 unspecified atom stereocenters. The normalized spacial score (nSPS) is 9.95. The molecule has 0 saturated carbocycles. The Hall–Kier alpha value is -1.81. The van der Waals surface area contributed by atoms with Gasteiger partial charge in [-0.15, -0.1) is 0 Å². The third-order valence-electron chi connectivity index (χ3n) is 2.62. The Bertz CT molecular complexity index is 602. The minimum atomic E-state index is -0.318. The van der Waals surface area contributed by atoms with Crippen LogP contribution in [-0.4, -0.2) is 20.7 Å². The molecule has 0 spiro atoms. The molecule has 19 heavy (non-hydrogen) atoms. The summed E-state index contributed by atoms with van der Waals surface area (Å²) < 4.78 is 10.7. The van der Waals surface area contributed by atoms with E-state index in [1.54, 1.807) is 0 Å². The van der Waals surface area contributed by atoms with Crippen LogP contribution in [0.15, 0.2) is 27.4 Å². The van der Waals surface area contributed by atoms with E-state index in [9.17, 15) is 4.79 Å². The molecule has 2 aromatic rings. The Balaban J connectivity index is 0.000000550. The van der Waals surface area contributed by atoms with Gasteiger partial charge in [-0.2, -0.15) is 0 Å². The highest BCUT2D eigenvalue weighted by Crippen LogP contribution is 2.27. The molecular formula is C15H21NO3. The molecule has 1 aromatic carbocycles. The molecule has 1 N–H and O–H groups in total. The number of ether oxygens (including phenoxy) is 1. The predicted molar refractivity (Wildman–Crippen MR) is 78.1 cm³/mol. The zero-order valence-electron chi connectivity index (χ0n) is 12.2. The van der Waals surface area contributed by atoms with Gasteiger partial charge in [-0.05, 0) is 52.6 Å². The van der Waals surface area contributed by atoms with Crippen molar-refractivity contribution in [1.29, 1.82) is 0 Å². The van der Waals surface area contributed by atoms with Gasteiger partial charge in [0.05, 0.1) is 6.61 Å². The van der Waals surface area contributed by atoms with Gasteiger partial charge in [0, 0.05) is 17.0 Å². The molecule has 0 radical (unpaired) electrons. The molecule has 4 heteroatoms. The first-order chi connectivity index (χ1) is 9.04. The van der Waals surface area contributed by atoms with E-state index in [2.05, 4.69) is 5.32 Å². The van der Waals surface area contributed by atoms with Gasteiger partial charge in [0.1, 0.15) is 11.3 Å². The summed E-state index contributed by atoms with van der Waals surface area (Å²) >= 11 is 0. The second-order valence-electron chi connectivity index (χ2n) is 4.25. The highest BCUT2D eigenvalue weighted by atomic mass is 16.5. The zero-order valence-corrected chi connectivity index (χ0v) is 12.2. The Labute approximate surface area is 113 Å². The lowest BCUT2D eigenvalue weighted by atomic mass is 10.1. The number of rotatable bonds is 2. The average Bonchev–Trinajstić information content (AvgIpc) is 2.34. The Kier molecular flexibility index (Phi) is 5.57. The molecule has 0 saturated heterocycles. The SMILES string of the molecule is CCOc1ccc2c(C)cc(=O)oc2c1C.CNC. The molecule has 0 bridgehead atoms. The maximum Gasteiger partial charge on any atom is 0.336 e. The van der Waals surface area contributed by atoms with Crippen LogP contribution in [0.3, 0.4) is 0 Å². The van der Waals surface area contributed by atoms with Crippen LogP contribution < -0.4 is 15.7 Å². The van der Waals surface area contributed by atoms with Crippen LogP contribution in [-0.2, 0) is 0 Å². The van der Waals surface area contributed by atoms with Crippen molar-refractivity contribution in [3.05, 3.63) is 39.7 Å². The smallest absolute Gasteiger partial charge is 0.336 e. The van der Waals surface area contributed by atoms with E-state index in [0.717, 1.165) is 22.3 Å². The Morgan fingerprint density at radius 3 is 2.47 bits per heavy atom. The quantitative estimate of drug-likeness (QED) is 0.846. The molecule has 0 aliphatic carbocycles. The van der Waals surface area contributed by atoms with E-state index in [-0.39, 0.29) is 5.63 Å². The van der Waals surface area contributed by atoms with Crippen LogP contribution in [0.2, 0.25) is 0 Å². The average molecular weight is 263 g/mol. The number of aryl methyl sites for hydroxylation is 2. The van der Waals surface area contributed by atoms with Gasteiger partial charge in [-0.3, -0.25) is 0 Å². The zero-order chi connectivity index (χ0) is 14.4. The highest BCUT2D eigenvalue weighted by molar-refractivity contribution is 5.84. The van der Waals surface area contributed by atoms with Gasteiger partial charge in [0.15, 0.2) is 0 Å². The fourth-order valence-corrected chi connectivity index (χ4v) is 1.81. The van der Waals surface area contributed by atoms with E-state index in [1.807, 2.05) is 47.0 Å². The van der Waals surface area contributed by atoms with E-state index >= 15 is 0 Å². The number of benzene rings is 1. The van der Waals surface area contributed by atoms with Crippen molar-refractivity contribution >= 4 is 11.0 Å². The highest BCUT2D eigenvalue weighted by Gasteiger charge is 2.09. The fraction of sp³-hybridized carbons (Fsp3) is 0.400. The van der Waals surface area contributed by atoms with Crippen molar-refractivity contribution in [2.24, 2.45) is 0 Å². The summed E-state index contributed by atoms with van der Waals surface area (Å²) in [5.41, 5.74) is 2.11. The van der Waals surface area contributed by atoms with Crippen LogP contribution in [0.25, 0.3) is 11.0 Å². The molecule has 104 valence electrons. The summed E-state index contributed by atoms with van der Waals surface area (Å²) in [6, 6.07) is 5.34. The van der Waals surface area contributed by atoms with Crippen LogP contribution in [0.5, 0.6) is 5.75 Å². The third kappa shape index (κ3) is 3.58. The number of hydrogen-bond acceptors (Lipinski definition) is 4. The standard InChI is InChI=1S/C13H14O3.C2H7N/c1-4-15-11-6-5-10-8(2)7-12(14)16-13(10)9(11)3;1-3-2/h5-7H,4H2,1-3H3;3H,1-2H3. The minimum absolute atomic E-state index is 0.318. The molecule has 4 nitrogen and oxygen atoms in total. The molecule has 2 rings (SSSR count). The fourth-order valence-electron chi connectivity index (χ4n) is 1.81. The lowest BCUT2D eigenvalue weighted by molar-refractivity contribution is 0.337. The second-order valence-corrected chi connectivity index (χ2v) is 4.25. The summed E-state index contributed by atoms with van der Waals surface area (Å²) in [6.07, 6.45) is 0. The van der Waals surface area contributed by atoms with Crippen LogP contribution in [0.1, 0.15) is 18.1 Å². The lowest BCUT2D eigenvalue weighted by Gasteiger charge is -2.09. The minimum Gasteiger partial charge on any atom is -0.493 e. The van der Waals surface area contributed by atoms with Gasteiger partial charge in [0.25, 0.3) is 0 Å². The molecular weight excluding hydrogens is 242 g/mol. The molecule has 0 atom stereocenters. The summed E-state index contributed by atoms with van der Waals surface area (Å²) in [5, 5.41) is 3.71. The number of hydrogen-bond donors (Lipinski definition) is 1. The van der Waals surface area contributed by atoms with Crippen molar-refractivity contribution in [1.82, 2.24) is 5.32 Å². The van der Waals surface area contributed by atoms with Crippen LogP contribution >= 0.6 is 0 Å². The Morgan fingerprint density at radius 2 is 1.89 bits per heavy atom. The van der Waals surface area contributed by atoms with Crippen molar-refractivity contribution in [3.63, 3.8) is 0 Å². The summed E-state index contributed by atoms with van der Waals surface area (Å²) in [7, 11) is 3.75. The Morgan fingerprint density at radius 1 is 1.26 bits per heavy atom. The second kappa shape index (κ2) is 6.95. The third-order valence-corrected chi connectivity index (χ3v) is 2.62.